The molecule has 1 aromatic carbocycles. The topological polar surface area (TPSA) is 112 Å². The quantitative estimate of drug-likeness (QED) is 0.525. The van der Waals surface area contributed by atoms with E-state index in [1.807, 2.05) is 18.2 Å². The summed E-state index contributed by atoms with van der Waals surface area (Å²) >= 11 is 6.41. The molecule has 0 spiro atoms. The number of hydrogen-bond donors (Lipinski definition) is 2. The van der Waals surface area contributed by atoms with Gasteiger partial charge in [-0.1, -0.05) is 11.6 Å². The Labute approximate surface area is 203 Å². The highest BCUT2D eigenvalue weighted by atomic mass is 35.5. The first-order chi connectivity index (χ1) is 16.2. The van der Waals surface area contributed by atoms with Crippen molar-refractivity contribution in [2.45, 2.75) is 51.7 Å². The monoisotopic (exact) mass is 483 g/mol. The van der Waals surface area contributed by atoms with Crippen molar-refractivity contribution in [1.29, 1.82) is 5.26 Å². The Balaban J connectivity index is 1.62. The number of anilines is 3. The fourth-order valence-corrected chi connectivity index (χ4v) is 4.50. The van der Waals surface area contributed by atoms with E-state index < -0.39 is 5.60 Å². The number of hydrogen-bond acceptors (Lipinski definition) is 7. The van der Waals surface area contributed by atoms with Crippen LogP contribution in [0.2, 0.25) is 5.02 Å². The van der Waals surface area contributed by atoms with Crippen molar-refractivity contribution in [3.8, 4) is 6.07 Å². The van der Waals surface area contributed by atoms with E-state index in [-0.39, 0.29) is 5.69 Å². The maximum absolute atomic E-state index is 12.8. The van der Waals surface area contributed by atoms with Crippen LogP contribution < -0.4 is 15.9 Å². The predicted molar refractivity (Wildman–Crippen MR) is 134 cm³/mol. The van der Waals surface area contributed by atoms with Gasteiger partial charge in [-0.05, 0) is 57.2 Å². The van der Waals surface area contributed by atoms with Gasteiger partial charge in [-0.25, -0.2) is 9.78 Å². The third-order valence-corrected chi connectivity index (χ3v) is 6.55. The van der Waals surface area contributed by atoms with Gasteiger partial charge < -0.3 is 15.3 Å². The van der Waals surface area contributed by atoms with Crippen LogP contribution in [0.15, 0.2) is 29.2 Å². The molecule has 2 N–H and O–H groups in total. The highest BCUT2D eigenvalue weighted by molar-refractivity contribution is 6.32. The van der Waals surface area contributed by atoms with Crippen LogP contribution >= 0.6 is 11.6 Å². The lowest BCUT2D eigenvalue weighted by Gasteiger charge is -2.31. The molecule has 180 valence electrons. The molecule has 0 bridgehead atoms. The zero-order chi connectivity index (χ0) is 24.5. The second-order valence-electron chi connectivity index (χ2n) is 9.57. The summed E-state index contributed by atoms with van der Waals surface area (Å²) < 4.78 is 3.28. The number of nitriles is 1. The standard InChI is InChI=1S/C24H30ClN7O2/c1-24(2,34)9-12-32-20-13-17(6-7-19(20)30(3)23(32)33)28-21-18(25)14-27-22(29-21)31-11-4-5-16(15-31)8-10-26/h6-7,13-14,16,34H,4-5,8-9,11-12,15H2,1-3H3,(H,27,28,29). The second kappa shape index (κ2) is 9.65. The molecule has 3 aromatic rings. The lowest BCUT2D eigenvalue weighted by atomic mass is 9.96. The molecule has 0 aliphatic carbocycles. The van der Waals surface area contributed by atoms with Gasteiger partial charge in [0, 0.05) is 38.8 Å². The molecule has 0 radical (unpaired) electrons. The third-order valence-electron chi connectivity index (χ3n) is 6.27. The Hall–Kier alpha value is -3.09. The largest absolute Gasteiger partial charge is 0.390 e. The highest BCUT2D eigenvalue weighted by Crippen LogP contribution is 2.29. The van der Waals surface area contributed by atoms with E-state index in [1.54, 1.807) is 36.2 Å². The predicted octanol–water partition coefficient (Wildman–Crippen LogP) is 3.82. The molecule has 34 heavy (non-hydrogen) atoms. The van der Waals surface area contributed by atoms with Crippen molar-refractivity contribution in [3.63, 3.8) is 0 Å². The number of nitrogens with one attached hydrogen (secondary N) is 1. The van der Waals surface area contributed by atoms with E-state index in [9.17, 15) is 9.90 Å². The first-order valence-electron chi connectivity index (χ1n) is 11.5. The van der Waals surface area contributed by atoms with Crippen LogP contribution in [-0.4, -0.2) is 42.9 Å². The van der Waals surface area contributed by atoms with Crippen molar-refractivity contribution in [3.05, 3.63) is 39.9 Å². The molecule has 9 nitrogen and oxygen atoms in total. The van der Waals surface area contributed by atoms with Gasteiger partial charge in [-0.3, -0.25) is 9.13 Å². The molecule has 4 rings (SSSR count). The van der Waals surface area contributed by atoms with Crippen LogP contribution in [0, 0.1) is 17.2 Å². The molecule has 0 amide bonds. The number of halogens is 1. The van der Waals surface area contributed by atoms with E-state index in [1.165, 1.54) is 0 Å². The SMILES string of the molecule is Cn1c(=O)n(CCC(C)(C)O)c2cc(Nc3nc(N4CCCC(CC#N)C4)ncc3Cl)ccc21. The Morgan fingerprint density at radius 3 is 2.88 bits per heavy atom. The van der Waals surface area contributed by atoms with E-state index in [0.717, 1.165) is 42.7 Å². The van der Waals surface area contributed by atoms with Crippen molar-refractivity contribution >= 4 is 40.1 Å². The zero-order valence-corrected chi connectivity index (χ0v) is 20.5. The molecule has 1 aliphatic rings. The Morgan fingerprint density at radius 2 is 2.15 bits per heavy atom. The summed E-state index contributed by atoms with van der Waals surface area (Å²) in [7, 11) is 1.74. The van der Waals surface area contributed by atoms with Gasteiger partial charge in [0.2, 0.25) is 5.95 Å². The molecular weight excluding hydrogens is 454 g/mol. The van der Waals surface area contributed by atoms with Gasteiger partial charge in [-0.2, -0.15) is 10.2 Å². The number of aliphatic hydroxyl groups is 1. The summed E-state index contributed by atoms with van der Waals surface area (Å²) in [6, 6.07) is 7.92. The molecule has 10 heteroatoms. The first kappa shape index (κ1) is 24.0. The molecule has 0 saturated carbocycles. The average molecular weight is 484 g/mol. The lowest BCUT2D eigenvalue weighted by Crippen LogP contribution is -2.36. The lowest BCUT2D eigenvalue weighted by molar-refractivity contribution is 0.0662. The van der Waals surface area contributed by atoms with Crippen molar-refractivity contribution in [1.82, 2.24) is 19.1 Å². The summed E-state index contributed by atoms with van der Waals surface area (Å²) in [5.74, 6) is 1.38. The van der Waals surface area contributed by atoms with Crippen LogP contribution in [-0.2, 0) is 13.6 Å². The van der Waals surface area contributed by atoms with E-state index in [2.05, 4.69) is 26.3 Å². The maximum atomic E-state index is 12.8. The number of nitrogens with zero attached hydrogens (tertiary/aromatic N) is 6. The Morgan fingerprint density at radius 1 is 1.35 bits per heavy atom. The van der Waals surface area contributed by atoms with Gasteiger partial charge in [0.05, 0.1) is 28.9 Å². The van der Waals surface area contributed by atoms with Gasteiger partial charge in [0.15, 0.2) is 5.82 Å². The highest BCUT2D eigenvalue weighted by Gasteiger charge is 2.23. The van der Waals surface area contributed by atoms with E-state index >= 15 is 0 Å². The fraction of sp³-hybridized carbons (Fsp3) is 0.500. The molecule has 1 aliphatic heterocycles. The maximum Gasteiger partial charge on any atom is 0.328 e. The molecule has 1 unspecified atom stereocenters. The number of benzene rings is 1. The Bertz CT molecular complexity index is 1290. The number of aromatic nitrogens is 4. The van der Waals surface area contributed by atoms with Gasteiger partial charge in [-0.15, -0.1) is 0 Å². The number of fused-ring (bicyclic) bond motifs is 1. The van der Waals surface area contributed by atoms with Gasteiger partial charge in [0.25, 0.3) is 0 Å². The zero-order valence-electron chi connectivity index (χ0n) is 19.8. The molecule has 1 fully saturated rings. The third kappa shape index (κ3) is 5.18. The number of piperidine rings is 1. The molecule has 3 heterocycles. The molecule has 2 aromatic heterocycles. The van der Waals surface area contributed by atoms with Crippen LogP contribution in [0.25, 0.3) is 11.0 Å². The fourth-order valence-electron chi connectivity index (χ4n) is 4.37. The summed E-state index contributed by atoms with van der Waals surface area (Å²) in [6.45, 7) is 5.45. The van der Waals surface area contributed by atoms with Crippen LogP contribution in [0.3, 0.4) is 0 Å². The molecule has 1 atom stereocenters. The minimum absolute atomic E-state index is 0.129. The molecule has 1 saturated heterocycles. The summed E-state index contributed by atoms with van der Waals surface area (Å²) in [5.41, 5.74) is 1.31. The van der Waals surface area contributed by atoms with Crippen molar-refractivity contribution in [2.75, 3.05) is 23.3 Å². The normalized spacial score (nSPS) is 16.6. The number of aryl methyl sites for hydroxylation is 2. The van der Waals surface area contributed by atoms with Crippen LogP contribution in [0.4, 0.5) is 17.5 Å². The average Bonchev–Trinajstić information content (AvgIpc) is 3.03. The summed E-state index contributed by atoms with van der Waals surface area (Å²) in [5, 5.41) is 22.8. The second-order valence-corrected chi connectivity index (χ2v) is 9.97. The van der Waals surface area contributed by atoms with Crippen LogP contribution in [0.1, 0.15) is 39.5 Å². The van der Waals surface area contributed by atoms with Gasteiger partial charge in [0.1, 0.15) is 5.02 Å². The van der Waals surface area contributed by atoms with Crippen molar-refractivity contribution < 1.29 is 5.11 Å². The van der Waals surface area contributed by atoms with Crippen LogP contribution in [0.5, 0.6) is 0 Å². The van der Waals surface area contributed by atoms with Crippen molar-refractivity contribution in [2.24, 2.45) is 13.0 Å². The number of rotatable bonds is 7. The Kier molecular flexibility index (Phi) is 6.82. The minimum atomic E-state index is -0.872. The molecular formula is C24H30ClN7O2. The first-order valence-corrected chi connectivity index (χ1v) is 11.9. The van der Waals surface area contributed by atoms with Gasteiger partial charge >= 0.3 is 5.69 Å². The minimum Gasteiger partial charge on any atom is -0.390 e. The number of imidazole rings is 1. The smallest absolute Gasteiger partial charge is 0.328 e. The summed E-state index contributed by atoms with van der Waals surface area (Å²) in [4.78, 5) is 24.0. The van der Waals surface area contributed by atoms with E-state index in [4.69, 9.17) is 16.9 Å². The summed E-state index contributed by atoms with van der Waals surface area (Å²) in [6.07, 6.45) is 4.60. The van der Waals surface area contributed by atoms with E-state index in [0.29, 0.717) is 42.1 Å².